The lowest BCUT2D eigenvalue weighted by atomic mass is 9.95. The Labute approximate surface area is 91.9 Å². The molecule has 3 nitrogen and oxygen atoms in total. The van der Waals surface area contributed by atoms with Crippen LogP contribution in [0.15, 0.2) is 12.3 Å². The quantitative estimate of drug-likeness (QED) is 0.803. The highest BCUT2D eigenvalue weighted by Crippen LogP contribution is 2.54. The molecule has 0 bridgehead atoms. The molecule has 1 aromatic rings. The third-order valence-corrected chi connectivity index (χ3v) is 3.49. The van der Waals surface area contributed by atoms with Gasteiger partial charge in [-0.1, -0.05) is 13.8 Å². The van der Waals surface area contributed by atoms with Crippen LogP contribution in [-0.4, -0.2) is 16.3 Å². The first kappa shape index (κ1) is 10.7. The maximum atomic E-state index is 4.36. The van der Waals surface area contributed by atoms with E-state index in [-0.39, 0.29) is 0 Å². The summed E-state index contributed by atoms with van der Waals surface area (Å²) in [6.07, 6.45) is 4.58. The number of nitrogens with zero attached hydrogens (tertiary/aromatic N) is 2. The van der Waals surface area contributed by atoms with Crippen LogP contribution in [0.25, 0.3) is 0 Å². The summed E-state index contributed by atoms with van der Waals surface area (Å²) < 4.78 is 2.11. The average molecular weight is 207 g/mol. The second-order valence-electron chi connectivity index (χ2n) is 4.72. The molecule has 0 saturated heterocycles. The van der Waals surface area contributed by atoms with Gasteiger partial charge in [0.05, 0.1) is 11.7 Å². The molecule has 1 fully saturated rings. The zero-order valence-electron chi connectivity index (χ0n) is 9.95. The lowest BCUT2D eigenvalue weighted by Crippen LogP contribution is -2.30. The van der Waals surface area contributed by atoms with Crippen LogP contribution in [-0.2, 0) is 6.54 Å². The van der Waals surface area contributed by atoms with Crippen LogP contribution in [0.4, 0.5) is 0 Å². The predicted molar refractivity (Wildman–Crippen MR) is 61.7 cm³/mol. The molecule has 0 amide bonds. The Bertz CT molecular complexity index is 325. The monoisotopic (exact) mass is 207 g/mol. The minimum Gasteiger partial charge on any atom is -0.308 e. The highest BCUT2D eigenvalue weighted by Gasteiger charge is 2.46. The van der Waals surface area contributed by atoms with Crippen molar-refractivity contribution in [3.63, 3.8) is 0 Å². The van der Waals surface area contributed by atoms with Crippen molar-refractivity contribution in [3.05, 3.63) is 18.0 Å². The summed E-state index contributed by atoms with van der Waals surface area (Å²) in [6.45, 7) is 8.67. The van der Waals surface area contributed by atoms with Gasteiger partial charge in [0.25, 0.3) is 0 Å². The van der Waals surface area contributed by atoms with E-state index in [0.717, 1.165) is 13.1 Å². The summed E-state index contributed by atoms with van der Waals surface area (Å²) >= 11 is 0. The fourth-order valence-corrected chi connectivity index (χ4v) is 2.25. The fraction of sp³-hybridized carbons (Fsp3) is 0.750. The van der Waals surface area contributed by atoms with Gasteiger partial charge in [-0.15, -0.1) is 0 Å². The fourth-order valence-electron chi connectivity index (χ4n) is 2.25. The maximum Gasteiger partial charge on any atom is 0.0559 e. The Morgan fingerprint density at radius 2 is 2.27 bits per heavy atom. The van der Waals surface area contributed by atoms with E-state index >= 15 is 0 Å². The van der Waals surface area contributed by atoms with Gasteiger partial charge in [0.2, 0.25) is 0 Å². The minimum absolute atomic E-state index is 0.461. The molecule has 0 aliphatic heterocycles. The van der Waals surface area contributed by atoms with Crippen molar-refractivity contribution in [1.82, 2.24) is 15.1 Å². The van der Waals surface area contributed by atoms with Crippen molar-refractivity contribution in [1.29, 1.82) is 0 Å². The van der Waals surface area contributed by atoms with Crippen molar-refractivity contribution in [2.75, 3.05) is 6.54 Å². The molecule has 1 aromatic heterocycles. The molecule has 1 aliphatic carbocycles. The first-order valence-corrected chi connectivity index (χ1v) is 5.96. The van der Waals surface area contributed by atoms with Crippen molar-refractivity contribution in [2.45, 2.75) is 46.2 Å². The van der Waals surface area contributed by atoms with Crippen LogP contribution in [0.1, 0.15) is 45.3 Å². The lowest BCUT2D eigenvalue weighted by Gasteiger charge is -2.25. The topological polar surface area (TPSA) is 29.9 Å². The summed E-state index contributed by atoms with van der Waals surface area (Å²) in [5, 5.41) is 7.96. The van der Waals surface area contributed by atoms with Gasteiger partial charge >= 0.3 is 0 Å². The van der Waals surface area contributed by atoms with Crippen LogP contribution in [0, 0.1) is 5.41 Å². The van der Waals surface area contributed by atoms with Gasteiger partial charge in [-0.2, -0.15) is 5.10 Å². The second-order valence-corrected chi connectivity index (χ2v) is 4.72. The van der Waals surface area contributed by atoms with Crippen LogP contribution in [0.5, 0.6) is 0 Å². The number of hydrogen-bond acceptors (Lipinski definition) is 2. The predicted octanol–water partition coefficient (Wildman–Crippen LogP) is 2.35. The SMILES string of the molecule is CCNC(c1ccnn1CC)C1(C)CC1. The van der Waals surface area contributed by atoms with E-state index in [9.17, 15) is 0 Å². The minimum atomic E-state index is 0.461. The number of nitrogens with one attached hydrogen (secondary N) is 1. The summed E-state index contributed by atoms with van der Waals surface area (Å²) in [5.41, 5.74) is 1.81. The van der Waals surface area contributed by atoms with E-state index < -0.39 is 0 Å². The number of hydrogen-bond donors (Lipinski definition) is 1. The lowest BCUT2D eigenvalue weighted by molar-refractivity contribution is 0.350. The van der Waals surface area contributed by atoms with E-state index in [1.165, 1.54) is 18.5 Å². The molecule has 1 atom stereocenters. The first-order chi connectivity index (χ1) is 7.21. The van der Waals surface area contributed by atoms with E-state index in [0.29, 0.717) is 11.5 Å². The van der Waals surface area contributed by atoms with Crippen LogP contribution in [0.3, 0.4) is 0 Å². The molecule has 2 rings (SSSR count). The molecule has 15 heavy (non-hydrogen) atoms. The first-order valence-electron chi connectivity index (χ1n) is 5.96. The smallest absolute Gasteiger partial charge is 0.0559 e. The highest BCUT2D eigenvalue weighted by atomic mass is 15.3. The summed E-state index contributed by atoms with van der Waals surface area (Å²) in [7, 11) is 0. The van der Waals surface area contributed by atoms with Crippen LogP contribution in [0.2, 0.25) is 0 Å². The zero-order valence-corrected chi connectivity index (χ0v) is 9.95. The molecule has 1 aliphatic rings. The Kier molecular flexibility index (Phi) is 2.83. The van der Waals surface area contributed by atoms with Gasteiger partial charge in [0.15, 0.2) is 0 Å². The number of aromatic nitrogens is 2. The third-order valence-electron chi connectivity index (χ3n) is 3.49. The zero-order chi connectivity index (χ0) is 10.9. The molecular formula is C12H21N3. The van der Waals surface area contributed by atoms with Crippen molar-refractivity contribution in [3.8, 4) is 0 Å². The molecule has 1 saturated carbocycles. The molecule has 84 valence electrons. The molecule has 0 radical (unpaired) electrons. The summed E-state index contributed by atoms with van der Waals surface area (Å²) in [4.78, 5) is 0. The van der Waals surface area contributed by atoms with E-state index in [1.807, 2.05) is 6.20 Å². The molecular weight excluding hydrogens is 186 g/mol. The third kappa shape index (κ3) is 1.93. The molecule has 0 aromatic carbocycles. The van der Waals surface area contributed by atoms with E-state index in [4.69, 9.17) is 0 Å². The normalized spacial score (nSPS) is 20.2. The Balaban J connectivity index is 2.24. The largest absolute Gasteiger partial charge is 0.308 e. The van der Waals surface area contributed by atoms with Gasteiger partial charge < -0.3 is 5.32 Å². The molecule has 1 unspecified atom stereocenters. The van der Waals surface area contributed by atoms with E-state index in [1.54, 1.807) is 0 Å². The average Bonchev–Trinajstić information content (AvgIpc) is 2.83. The molecule has 1 heterocycles. The van der Waals surface area contributed by atoms with Gasteiger partial charge in [-0.3, -0.25) is 4.68 Å². The van der Waals surface area contributed by atoms with Crippen molar-refractivity contribution >= 4 is 0 Å². The molecule has 3 heteroatoms. The van der Waals surface area contributed by atoms with Gasteiger partial charge in [-0.05, 0) is 37.8 Å². The van der Waals surface area contributed by atoms with Crippen molar-refractivity contribution < 1.29 is 0 Å². The van der Waals surface area contributed by atoms with Gasteiger partial charge in [-0.25, -0.2) is 0 Å². The summed E-state index contributed by atoms with van der Waals surface area (Å²) in [5.74, 6) is 0. The Morgan fingerprint density at radius 1 is 1.53 bits per heavy atom. The number of rotatable bonds is 5. The summed E-state index contributed by atoms with van der Waals surface area (Å²) in [6, 6.07) is 2.63. The molecule has 1 N–H and O–H groups in total. The number of aryl methyl sites for hydroxylation is 1. The van der Waals surface area contributed by atoms with Gasteiger partial charge in [0, 0.05) is 12.7 Å². The van der Waals surface area contributed by atoms with Gasteiger partial charge in [0.1, 0.15) is 0 Å². The second kappa shape index (κ2) is 3.97. The Hall–Kier alpha value is -0.830. The molecule has 0 spiro atoms. The highest BCUT2D eigenvalue weighted by molar-refractivity contribution is 5.15. The van der Waals surface area contributed by atoms with Crippen LogP contribution >= 0.6 is 0 Å². The van der Waals surface area contributed by atoms with Crippen molar-refractivity contribution in [2.24, 2.45) is 5.41 Å². The standard InChI is InChI=1S/C12H21N3/c1-4-13-11(12(3)7-8-12)10-6-9-14-15(10)5-2/h6,9,11,13H,4-5,7-8H2,1-3H3. The Morgan fingerprint density at radius 3 is 2.80 bits per heavy atom. The maximum absolute atomic E-state index is 4.36. The van der Waals surface area contributed by atoms with Crippen LogP contribution < -0.4 is 5.32 Å². The van der Waals surface area contributed by atoms with E-state index in [2.05, 4.69) is 41.9 Å².